The topological polar surface area (TPSA) is 75.7 Å². The van der Waals surface area contributed by atoms with Gasteiger partial charge in [0, 0.05) is 25.2 Å². The van der Waals surface area contributed by atoms with Gasteiger partial charge in [-0.2, -0.15) is 4.31 Å². The Balaban J connectivity index is 1.50. The molecule has 0 aliphatic carbocycles. The third-order valence-electron chi connectivity index (χ3n) is 5.16. The number of carbonyl (C=O) groups is 1. The molecule has 1 N–H and O–H groups in total. The number of para-hydroxylation sites is 1. The van der Waals surface area contributed by atoms with E-state index >= 15 is 0 Å². The molecule has 0 atom stereocenters. The van der Waals surface area contributed by atoms with E-state index in [2.05, 4.69) is 12.2 Å². The Hall–Kier alpha value is -2.38. The lowest BCUT2D eigenvalue weighted by atomic mass is 10.1. The number of ether oxygens (including phenoxy) is 1. The lowest BCUT2D eigenvalue weighted by Crippen LogP contribution is -2.28. The van der Waals surface area contributed by atoms with Crippen molar-refractivity contribution in [3.05, 3.63) is 59.7 Å². The maximum Gasteiger partial charge on any atom is 0.251 e. The zero-order valence-electron chi connectivity index (χ0n) is 17.5. The van der Waals surface area contributed by atoms with Crippen LogP contribution in [0.2, 0.25) is 0 Å². The monoisotopic (exact) mass is 430 g/mol. The molecular weight excluding hydrogens is 400 g/mol. The SMILES string of the molecule is CCCOc1ccccc1CCCNC(=O)c1ccc(S(=O)(=O)N2CCCC2)cc1. The van der Waals surface area contributed by atoms with Crippen molar-refractivity contribution in [1.29, 1.82) is 0 Å². The fourth-order valence-corrected chi connectivity index (χ4v) is 5.02. The summed E-state index contributed by atoms with van der Waals surface area (Å²) in [6.45, 7) is 4.44. The van der Waals surface area contributed by atoms with Crippen LogP contribution in [-0.4, -0.2) is 44.9 Å². The van der Waals surface area contributed by atoms with Crippen molar-refractivity contribution in [3.8, 4) is 5.75 Å². The Labute approximate surface area is 179 Å². The highest BCUT2D eigenvalue weighted by Gasteiger charge is 2.27. The van der Waals surface area contributed by atoms with Gasteiger partial charge in [-0.1, -0.05) is 25.1 Å². The molecule has 0 unspecified atom stereocenters. The van der Waals surface area contributed by atoms with E-state index in [9.17, 15) is 13.2 Å². The first-order valence-corrected chi connectivity index (χ1v) is 12.1. The summed E-state index contributed by atoms with van der Waals surface area (Å²) in [5.41, 5.74) is 1.60. The van der Waals surface area contributed by atoms with Gasteiger partial charge in [0.15, 0.2) is 0 Å². The quantitative estimate of drug-likeness (QED) is 0.584. The van der Waals surface area contributed by atoms with Crippen LogP contribution in [0.15, 0.2) is 53.4 Å². The van der Waals surface area contributed by atoms with Crippen molar-refractivity contribution in [2.75, 3.05) is 26.2 Å². The van der Waals surface area contributed by atoms with Gasteiger partial charge in [0.25, 0.3) is 5.91 Å². The molecule has 1 fully saturated rings. The molecule has 1 saturated heterocycles. The van der Waals surface area contributed by atoms with Gasteiger partial charge in [0.05, 0.1) is 11.5 Å². The van der Waals surface area contributed by atoms with Crippen molar-refractivity contribution < 1.29 is 17.9 Å². The number of hydrogen-bond donors (Lipinski definition) is 1. The number of rotatable bonds is 10. The normalized spacial score (nSPS) is 14.6. The lowest BCUT2D eigenvalue weighted by Gasteiger charge is -2.15. The van der Waals surface area contributed by atoms with Crippen LogP contribution in [0.4, 0.5) is 0 Å². The molecule has 7 heteroatoms. The third kappa shape index (κ3) is 5.61. The number of benzene rings is 2. The molecule has 162 valence electrons. The van der Waals surface area contributed by atoms with Crippen molar-refractivity contribution in [1.82, 2.24) is 9.62 Å². The first kappa shape index (κ1) is 22.3. The number of hydrogen-bond acceptors (Lipinski definition) is 4. The summed E-state index contributed by atoms with van der Waals surface area (Å²) < 4.78 is 32.4. The van der Waals surface area contributed by atoms with E-state index < -0.39 is 10.0 Å². The smallest absolute Gasteiger partial charge is 0.251 e. The minimum Gasteiger partial charge on any atom is -0.493 e. The fourth-order valence-electron chi connectivity index (χ4n) is 3.50. The Morgan fingerprint density at radius 1 is 1.07 bits per heavy atom. The molecule has 1 heterocycles. The van der Waals surface area contributed by atoms with E-state index in [4.69, 9.17) is 4.74 Å². The molecule has 1 aliphatic rings. The number of aryl methyl sites for hydroxylation is 1. The van der Waals surface area contributed by atoms with Gasteiger partial charge >= 0.3 is 0 Å². The Morgan fingerprint density at radius 2 is 1.77 bits per heavy atom. The Morgan fingerprint density at radius 3 is 2.47 bits per heavy atom. The number of sulfonamides is 1. The van der Waals surface area contributed by atoms with Crippen LogP contribution in [-0.2, 0) is 16.4 Å². The van der Waals surface area contributed by atoms with Gasteiger partial charge < -0.3 is 10.1 Å². The molecule has 6 nitrogen and oxygen atoms in total. The summed E-state index contributed by atoms with van der Waals surface area (Å²) >= 11 is 0. The molecular formula is C23H30N2O4S. The van der Waals surface area contributed by atoms with Crippen molar-refractivity contribution in [2.45, 2.75) is 43.9 Å². The number of amides is 1. The van der Waals surface area contributed by atoms with Crippen LogP contribution >= 0.6 is 0 Å². The molecule has 1 amide bonds. The fraction of sp³-hybridized carbons (Fsp3) is 0.435. The highest BCUT2D eigenvalue weighted by Crippen LogP contribution is 2.21. The first-order chi connectivity index (χ1) is 14.5. The molecule has 30 heavy (non-hydrogen) atoms. The van der Waals surface area contributed by atoms with Crippen LogP contribution in [0.5, 0.6) is 5.75 Å². The predicted octanol–water partition coefficient (Wildman–Crippen LogP) is 3.62. The van der Waals surface area contributed by atoms with E-state index in [1.807, 2.05) is 24.3 Å². The lowest BCUT2D eigenvalue weighted by molar-refractivity contribution is 0.0953. The van der Waals surface area contributed by atoms with E-state index in [1.165, 1.54) is 16.4 Å². The first-order valence-electron chi connectivity index (χ1n) is 10.6. The van der Waals surface area contributed by atoms with Crippen LogP contribution in [0.3, 0.4) is 0 Å². The summed E-state index contributed by atoms with van der Waals surface area (Å²) in [7, 11) is -3.45. The average molecular weight is 431 g/mol. The van der Waals surface area contributed by atoms with Crippen molar-refractivity contribution in [3.63, 3.8) is 0 Å². The van der Waals surface area contributed by atoms with Crippen molar-refractivity contribution >= 4 is 15.9 Å². The van der Waals surface area contributed by atoms with E-state index in [0.717, 1.165) is 43.4 Å². The molecule has 0 spiro atoms. The molecule has 2 aromatic rings. The Bertz CT molecular complexity index is 936. The van der Waals surface area contributed by atoms with Crippen LogP contribution < -0.4 is 10.1 Å². The summed E-state index contributed by atoms with van der Waals surface area (Å²) in [6.07, 6.45) is 4.36. The highest BCUT2D eigenvalue weighted by molar-refractivity contribution is 7.89. The summed E-state index contributed by atoms with van der Waals surface area (Å²) in [5.74, 6) is 0.705. The number of nitrogens with one attached hydrogen (secondary N) is 1. The number of nitrogens with zero attached hydrogens (tertiary/aromatic N) is 1. The zero-order chi connectivity index (χ0) is 21.4. The maximum absolute atomic E-state index is 12.6. The summed E-state index contributed by atoms with van der Waals surface area (Å²) in [5, 5.41) is 2.91. The van der Waals surface area contributed by atoms with E-state index in [1.54, 1.807) is 12.1 Å². The van der Waals surface area contributed by atoms with Crippen LogP contribution in [0, 0.1) is 0 Å². The second kappa shape index (κ2) is 10.6. The molecule has 3 rings (SSSR count). The highest BCUT2D eigenvalue weighted by atomic mass is 32.2. The average Bonchev–Trinajstić information content (AvgIpc) is 3.32. The van der Waals surface area contributed by atoms with Gasteiger partial charge in [-0.15, -0.1) is 0 Å². The second-order valence-electron chi connectivity index (χ2n) is 7.45. The third-order valence-corrected chi connectivity index (χ3v) is 7.07. The summed E-state index contributed by atoms with van der Waals surface area (Å²) in [4.78, 5) is 12.6. The maximum atomic E-state index is 12.6. The van der Waals surface area contributed by atoms with Gasteiger partial charge in [-0.3, -0.25) is 4.79 Å². The van der Waals surface area contributed by atoms with Gasteiger partial charge in [0.1, 0.15) is 5.75 Å². The molecule has 2 aromatic carbocycles. The van der Waals surface area contributed by atoms with E-state index in [-0.39, 0.29) is 10.8 Å². The van der Waals surface area contributed by atoms with Crippen molar-refractivity contribution in [2.24, 2.45) is 0 Å². The zero-order valence-corrected chi connectivity index (χ0v) is 18.3. The largest absolute Gasteiger partial charge is 0.493 e. The molecule has 0 bridgehead atoms. The van der Waals surface area contributed by atoms with Gasteiger partial charge in [-0.05, 0) is 68.0 Å². The minimum atomic E-state index is -3.45. The minimum absolute atomic E-state index is 0.198. The molecule has 0 radical (unpaired) electrons. The Kier molecular flexibility index (Phi) is 7.87. The van der Waals surface area contributed by atoms with Crippen LogP contribution in [0.1, 0.15) is 48.5 Å². The van der Waals surface area contributed by atoms with E-state index in [0.29, 0.717) is 31.8 Å². The molecule has 0 saturated carbocycles. The van der Waals surface area contributed by atoms with Crippen LogP contribution in [0.25, 0.3) is 0 Å². The predicted molar refractivity (Wildman–Crippen MR) is 117 cm³/mol. The summed E-state index contributed by atoms with van der Waals surface area (Å²) in [6, 6.07) is 14.2. The van der Waals surface area contributed by atoms with Gasteiger partial charge in [0.2, 0.25) is 10.0 Å². The second-order valence-corrected chi connectivity index (χ2v) is 9.39. The molecule has 1 aliphatic heterocycles. The number of carbonyl (C=O) groups excluding carboxylic acids is 1. The van der Waals surface area contributed by atoms with Gasteiger partial charge in [-0.25, -0.2) is 8.42 Å². The molecule has 0 aromatic heterocycles. The standard InChI is InChI=1S/C23H30N2O4S/c1-2-18-29-22-10-4-3-8-19(22)9-7-15-24-23(26)20-11-13-21(14-12-20)30(27,28)25-16-5-6-17-25/h3-4,8,10-14H,2,5-7,9,15-18H2,1H3,(H,24,26).